The summed E-state index contributed by atoms with van der Waals surface area (Å²) < 4.78 is 36.5. The molecule has 108 valence electrons. The third-order valence-corrected chi connectivity index (χ3v) is 3.94. The van der Waals surface area contributed by atoms with Crippen LogP contribution < -0.4 is 5.32 Å². The minimum absolute atomic E-state index is 0.260. The number of nitrogens with one attached hydrogen (secondary N) is 1. The lowest BCUT2D eigenvalue weighted by Gasteiger charge is -2.25. The van der Waals surface area contributed by atoms with Gasteiger partial charge in [0.15, 0.2) is 0 Å². The predicted octanol–water partition coefficient (Wildman–Crippen LogP) is 4.52. The lowest BCUT2D eigenvalue weighted by atomic mass is 9.92. The molecule has 4 heteroatoms. The Bertz CT molecular complexity index is 228. The Balaban J connectivity index is 2.35. The Kier molecular flexibility index (Phi) is 6.47. The molecule has 1 nitrogen and oxygen atoms in total. The van der Waals surface area contributed by atoms with E-state index in [1.807, 2.05) is 0 Å². The Morgan fingerprint density at radius 2 is 2.00 bits per heavy atom. The Labute approximate surface area is 109 Å². The van der Waals surface area contributed by atoms with E-state index in [4.69, 9.17) is 0 Å². The molecule has 18 heavy (non-hydrogen) atoms. The van der Waals surface area contributed by atoms with E-state index in [1.165, 1.54) is 19.3 Å². The third-order valence-electron chi connectivity index (χ3n) is 3.94. The zero-order valence-electron chi connectivity index (χ0n) is 11.5. The van der Waals surface area contributed by atoms with Crippen LogP contribution in [0.2, 0.25) is 0 Å². The van der Waals surface area contributed by atoms with Gasteiger partial charge in [-0.2, -0.15) is 13.2 Å². The molecule has 0 radical (unpaired) electrons. The molecule has 1 saturated carbocycles. The van der Waals surface area contributed by atoms with Crippen molar-refractivity contribution >= 4 is 0 Å². The average Bonchev–Trinajstić information content (AvgIpc) is 2.68. The molecular formula is C14H26F3N. The van der Waals surface area contributed by atoms with Crippen LogP contribution in [0.4, 0.5) is 13.2 Å². The maximum Gasteiger partial charge on any atom is 0.389 e. The van der Waals surface area contributed by atoms with Gasteiger partial charge in [-0.15, -0.1) is 0 Å². The summed E-state index contributed by atoms with van der Waals surface area (Å²) in [6, 6.07) is 0.289. The van der Waals surface area contributed by atoms with Gasteiger partial charge in [-0.1, -0.05) is 20.3 Å². The maximum atomic E-state index is 12.2. The van der Waals surface area contributed by atoms with Crippen LogP contribution in [0.1, 0.15) is 58.8 Å². The van der Waals surface area contributed by atoms with Gasteiger partial charge in [-0.3, -0.25) is 0 Å². The van der Waals surface area contributed by atoms with Crippen LogP contribution in [0.25, 0.3) is 0 Å². The summed E-state index contributed by atoms with van der Waals surface area (Å²) in [6.07, 6.45) is 0.902. The molecule has 0 bridgehead atoms. The fourth-order valence-corrected chi connectivity index (χ4v) is 2.97. The van der Waals surface area contributed by atoms with E-state index in [9.17, 15) is 13.2 Å². The van der Waals surface area contributed by atoms with E-state index in [-0.39, 0.29) is 12.5 Å². The van der Waals surface area contributed by atoms with Crippen molar-refractivity contribution in [2.75, 3.05) is 6.54 Å². The highest BCUT2D eigenvalue weighted by atomic mass is 19.4. The summed E-state index contributed by atoms with van der Waals surface area (Å²) in [5.74, 6) is 1.32. The van der Waals surface area contributed by atoms with E-state index in [0.717, 1.165) is 18.9 Å². The first-order valence-electron chi connectivity index (χ1n) is 7.22. The molecule has 0 amide bonds. The van der Waals surface area contributed by atoms with Crippen LogP contribution >= 0.6 is 0 Å². The van der Waals surface area contributed by atoms with Crippen LogP contribution in [-0.4, -0.2) is 18.8 Å². The zero-order valence-corrected chi connectivity index (χ0v) is 11.5. The van der Waals surface area contributed by atoms with E-state index in [1.54, 1.807) is 0 Å². The van der Waals surface area contributed by atoms with Gasteiger partial charge in [0.05, 0.1) is 0 Å². The van der Waals surface area contributed by atoms with Crippen molar-refractivity contribution in [2.45, 2.75) is 71.0 Å². The van der Waals surface area contributed by atoms with Gasteiger partial charge in [0.25, 0.3) is 0 Å². The van der Waals surface area contributed by atoms with Gasteiger partial charge in [0, 0.05) is 12.5 Å². The number of hydrogen-bond donors (Lipinski definition) is 1. The topological polar surface area (TPSA) is 12.0 Å². The molecule has 1 aliphatic carbocycles. The molecule has 0 aromatic carbocycles. The Hall–Kier alpha value is -0.250. The summed E-state index contributed by atoms with van der Waals surface area (Å²) in [6.45, 7) is 5.26. The molecule has 1 fully saturated rings. The first-order chi connectivity index (χ1) is 8.42. The SMILES string of the molecule is CCCNC(CCCC(F)(F)F)C1CCC(C)C1. The molecular weight excluding hydrogens is 239 g/mol. The quantitative estimate of drug-likeness (QED) is 0.713. The Morgan fingerprint density at radius 1 is 1.28 bits per heavy atom. The highest BCUT2D eigenvalue weighted by molar-refractivity contribution is 4.83. The minimum Gasteiger partial charge on any atom is -0.314 e. The van der Waals surface area contributed by atoms with Crippen molar-refractivity contribution in [2.24, 2.45) is 11.8 Å². The standard InChI is InChI=1S/C14H26F3N/c1-3-9-18-13(5-4-8-14(15,16)17)12-7-6-11(2)10-12/h11-13,18H,3-10H2,1-2H3. The summed E-state index contributed by atoms with van der Waals surface area (Å²) in [7, 11) is 0. The second kappa shape index (κ2) is 7.37. The molecule has 1 rings (SSSR count). The monoisotopic (exact) mass is 265 g/mol. The first-order valence-corrected chi connectivity index (χ1v) is 7.22. The van der Waals surface area contributed by atoms with E-state index in [0.29, 0.717) is 12.3 Å². The van der Waals surface area contributed by atoms with Crippen LogP contribution in [0, 0.1) is 11.8 Å². The molecule has 0 heterocycles. The molecule has 0 aliphatic heterocycles. The van der Waals surface area contributed by atoms with Crippen LogP contribution in [0.15, 0.2) is 0 Å². The maximum absolute atomic E-state index is 12.2. The summed E-state index contributed by atoms with van der Waals surface area (Å²) in [4.78, 5) is 0. The number of halogens is 3. The largest absolute Gasteiger partial charge is 0.389 e. The van der Waals surface area contributed by atoms with Gasteiger partial charge in [-0.05, 0) is 50.5 Å². The fraction of sp³-hybridized carbons (Fsp3) is 1.00. The van der Waals surface area contributed by atoms with Crippen LogP contribution in [0.5, 0.6) is 0 Å². The minimum atomic E-state index is -4.00. The average molecular weight is 265 g/mol. The lowest BCUT2D eigenvalue weighted by molar-refractivity contribution is -0.136. The number of alkyl halides is 3. The third kappa shape index (κ3) is 6.07. The summed E-state index contributed by atoms with van der Waals surface area (Å²) in [5.41, 5.74) is 0. The summed E-state index contributed by atoms with van der Waals surface area (Å²) >= 11 is 0. The smallest absolute Gasteiger partial charge is 0.314 e. The van der Waals surface area contributed by atoms with Crippen molar-refractivity contribution in [1.82, 2.24) is 5.32 Å². The molecule has 0 aromatic rings. The van der Waals surface area contributed by atoms with Crippen LogP contribution in [0.3, 0.4) is 0 Å². The summed E-state index contributed by atoms with van der Waals surface area (Å²) in [5, 5.41) is 3.45. The van der Waals surface area contributed by atoms with Crippen molar-refractivity contribution in [1.29, 1.82) is 0 Å². The normalized spacial score (nSPS) is 26.5. The van der Waals surface area contributed by atoms with Gasteiger partial charge >= 0.3 is 6.18 Å². The molecule has 0 aromatic heterocycles. The Morgan fingerprint density at radius 3 is 2.50 bits per heavy atom. The van der Waals surface area contributed by atoms with Gasteiger partial charge in [-0.25, -0.2) is 0 Å². The highest BCUT2D eigenvalue weighted by Crippen LogP contribution is 2.34. The molecule has 1 aliphatic rings. The highest BCUT2D eigenvalue weighted by Gasteiger charge is 2.30. The van der Waals surface area contributed by atoms with Crippen molar-refractivity contribution in [3.63, 3.8) is 0 Å². The zero-order chi connectivity index (χ0) is 13.6. The molecule has 3 atom stereocenters. The van der Waals surface area contributed by atoms with Gasteiger partial charge in [0.1, 0.15) is 0 Å². The van der Waals surface area contributed by atoms with E-state index in [2.05, 4.69) is 19.2 Å². The van der Waals surface area contributed by atoms with Gasteiger partial charge in [0.2, 0.25) is 0 Å². The van der Waals surface area contributed by atoms with E-state index < -0.39 is 12.6 Å². The van der Waals surface area contributed by atoms with Crippen molar-refractivity contribution < 1.29 is 13.2 Å². The molecule has 1 N–H and O–H groups in total. The van der Waals surface area contributed by atoms with Crippen LogP contribution in [-0.2, 0) is 0 Å². The number of hydrogen-bond acceptors (Lipinski definition) is 1. The van der Waals surface area contributed by atoms with E-state index >= 15 is 0 Å². The molecule has 0 saturated heterocycles. The second-order valence-corrected chi connectivity index (χ2v) is 5.75. The molecule has 3 unspecified atom stereocenters. The number of rotatable bonds is 7. The first kappa shape index (κ1) is 15.8. The van der Waals surface area contributed by atoms with Crippen molar-refractivity contribution in [3.05, 3.63) is 0 Å². The lowest BCUT2D eigenvalue weighted by Crippen LogP contribution is -2.36. The molecule has 0 spiro atoms. The van der Waals surface area contributed by atoms with Crippen molar-refractivity contribution in [3.8, 4) is 0 Å². The second-order valence-electron chi connectivity index (χ2n) is 5.75. The fourth-order valence-electron chi connectivity index (χ4n) is 2.97. The predicted molar refractivity (Wildman–Crippen MR) is 68.5 cm³/mol. The van der Waals surface area contributed by atoms with Gasteiger partial charge < -0.3 is 5.32 Å².